The molecule has 0 aliphatic rings. The van der Waals surface area contributed by atoms with Crippen LogP contribution in [0.15, 0.2) is 12.1 Å². The van der Waals surface area contributed by atoms with Gasteiger partial charge in [0.25, 0.3) is 0 Å². The molecule has 0 N–H and O–H groups in total. The fourth-order valence-electron chi connectivity index (χ4n) is 0.636. The first kappa shape index (κ1) is 9.73. The average molecular weight is 297 g/mol. The van der Waals surface area contributed by atoms with Gasteiger partial charge in [-0.2, -0.15) is 0 Å². The van der Waals surface area contributed by atoms with Crippen LogP contribution < -0.4 is 0 Å². The van der Waals surface area contributed by atoms with Gasteiger partial charge in [0.15, 0.2) is 0 Å². The Morgan fingerprint density at radius 2 is 2.33 bits per heavy atom. The van der Waals surface area contributed by atoms with Gasteiger partial charge in [-0.25, -0.2) is 9.78 Å². The molecular weight excluding hydrogens is 292 g/mol. The van der Waals surface area contributed by atoms with Crippen molar-refractivity contribution in [2.24, 2.45) is 0 Å². The smallest absolute Gasteiger partial charge is 0.356 e. The molecule has 1 aromatic rings. The lowest BCUT2D eigenvalue weighted by Crippen LogP contribution is -2.04. The highest BCUT2D eigenvalue weighted by molar-refractivity contribution is 14.1. The van der Waals surface area contributed by atoms with Crippen LogP contribution in [0.5, 0.6) is 0 Å². The van der Waals surface area contributed by atoms with E-state index in [1.54, 1.807) is 6.07 Å². The first-order valence-electron chi connectivity index (χ1n) is 3.05. The van der Waals surface area contributed by atoms with Crippen LogP contribution in [-0.4, -0.2) is 18.1 Å². The number of methoxy groups -OCH3 is 1. The summed E-state index contributed by atoms with van der Waals surface area (Å²) < 4.78 is 5.08. The normalized spacial score (nSPS) is 9.58. The van der Waals surface area contributed by atoms with Crippen molar-refractivity contribution >= 4 is 40.2 Å². The standard InChI is InChI=1S/C7H5ClINO2/c1-12-7(11)5-3-2-4(8)6(9)10-5/h2-3H,1H3. The Hall–Kier alpha value is -0.360. The molecule has 0 aliphatic carbocycles. The second-order valence-corrected chi connectivity index (χ2v) is 3.39. The summed E-state index contributed by atoms with van der Waals surface area (Å²) in [7, 11) is 1.31. The molecule has 0 unspecified atom stereocenters. The largest absolute Gasteiger partial charge is 0.464 e. The van der Waals surface area contributed by atoms with E-state index in [4.69, 9.17) is 11.6 Å². The topological polar surface area (TPSA) is 39.2 Å². The highest BCUT2D eigenvalue weighted by Crippen LogP contribution is 2.16. The van der Waals surface area contributed by atoms with Crippen molar-refractivity contribution < 1.29 is 9.53 Å². The second kappa shape index (κ2) is 4.04. The van der Waals surface area contributed by atoms with Crippen molar-refractivity contribution in [2.75, 3.05) is 7.11 Å². The van der Waals surface area contributed by atoms with E-state index < -0.39 is 5.97 Å². The van der Waals surface area contributed by atoms with Gasteiger partial charge in [-0.15, -0.1) is 0 Å². The van der Waals surface area contributed by atoms with E-state index in [1.807, 2.05) is 22.6 Å². The number of esters is 1. The molecule has 12 heavy (non-hydrogen) atoms. The van der Waals surface area contributed by atoms with Crippen LogP contribution in [0.4, 0.5) is 0 Å². The van der Waals surface area contributed by atoms with Crippen molar-refractivity contribution in [2.45, 2.75) is 0 Å². The van der Waals surface area contributed by atoms with Gasteiger partial charge < -0.3 is 4.74 Å². The van der Waals surface area contributed by atoms with E-state index in [-0.39, 0.29) is 5.69 Å². The van der Waals surface area contributed by atoms with Gasteiger partial charge in [0.2, 0.25) is 0 Å². The Balaban J connectivity index is 3.05. The number of nitrogens with zero attached hydrogens (tertiary/aromatic N) is 1. The molecule has 0 atom stereocenters. The van der Waals surface area contributed by atoms with E-state index in [2.05, 4.69) is 9.72 Å². The Morgan fingerprint density at radius 1 is 1.67 bits per heavy atom. The van der Waals surface area contributed by atoms with Gasteiger partial charge in [-0.05, 0) is 34.7 Å². The van der Waals surface area contributed by atoms with Crippen LogP contribution in [0.3, 0.4) is 0 Å². The molecule has 0 aliphatic heterocycles. The number of pyridine rings is 1. The lowest BCUT2D eigenvalue weighted by molar-refractivity contribution is 0.0594. The number of hydrogen-bond donors (Lipinski definition) is 0. The number of hydrogen-bond acceptors (Lipinski definition) is 3. The van der Waals surface area contributed by atoms with Gasteiger partial charge in [0.1, 0.15) is 9.39 Å². The monoisotopic (exact) mass is 297 g/mol. The fraction of sp³-hybridized carbons (Fsp3) is 0.143. The quantitative estimate of drug-likeness (QED) is 0.453. The fourth-order valence-corrected chi connectivity index (χ4v) is 1.18. The molecule has 5 heteroatoms. The van der Waals surface area contributed by atoms with E-state index in [1.165, 1.54) is 13.2 Å². The number of carbonyl (C=O) groups excluding carboxylic acids is 1. The first-order chi connectivity index (χ1) is 5.65. The third kappa shape index (κ3) is 2.07. The summed E-state index contributed by atoms with van der Waals surface area (Å²) in [5, 5.41) is 0.531. The Labute approximate surface area is 88.2 Å². The summed E-state index contributed by atoms with van der Waals surface area (Å²) in [6.45, 7) is 0. The highest BCUT2D eigenvalue weighted by atomic mass is 127. The molecule has 0 saturated carbocycles. The van der Waals surface area contributed by atoms with Crippen LogP contribution in [0.2, 0.25) is 5.02 Å². The van der Waals surface area contributed by atoms with E-state index in [0.29, 0.717) is 8.72 Å². The molecule has 0 bridgehead atoms. The molecule has 0 radical (unpaired) electrons. The zero-order valence-corrected chi connectivity index (χ0v) is 9.09. The molecule has 0 fully saturated rings. The van der Waals surface area contributed by atoms with Crippen molar-refractivity contribution in [1.29, 1.82) is 0 Å². The number of ether oxygens (including phenoxy) is 1. The zero-order valence-electron chi connectivity index (χ0n) is 6.17. The van der Waals surface area contributed by atoms with Crippen LogP contribution in [0.1, 0.15) is 10.5 Å². The molecule has 0 amide bonds. The summed E-state index contributed by atoms with van der Waals surface area (Å²) in [4.78, 5) is 14.9. The Morgan fingerprint density at radius 3 is 2.83 bits per heavy atom. The summed E-state index contributed by atoms with van der Waals surface area (Å²) in [6.07, 6.45) is 0. The lowest BCUT2D eigenvalue weighted by Gasteiger charge is -1.99. The van der Waals surface area contributed by atoms with E-state index in [9.17, 15) is 4.79 Å². The summed E-state index contributed by atoms with van der Waals surface area (Å²) >= 11 is 7.66. The molecule has 0 spiro atoms. The SMILES string of the molecule is COC(=O)c1ccc(Cl)c(I)n1. The van der Waals surface area contributed by atoms with Crippen LogP contribution in [0.25, 0.3) is 0 Å². The molecule has 1 aromatic heterocycles. The second-order valence-electron chi connectivity index (χ2n) is 1.96. The third-order valence-electron chi connectivity index (χ3n) is 1.20. The maximum absolute atomic E-state index is 10.9. The van der Waals surface area contributed by atoms with Crippen molar-refractivity contribution in [1.82, 2.24) is 4.98 Å². The maximum Gasteiger partial charge on any atom is 0.356 e. The highest BCUT2D eigenvalue weighted by Gasteiger charge is 2.08. The molecule has 64 valence electrons. The van der Waals surface area contributed by atoms with Crippen LogP contribution in [-0.2, 0) is 4.74 Å². The Bertz CT molecular complexity index is 316. The summed E-state index contributed by atoms with van der Waals surface area (Å²) in [6, 6.07) is 3.14. The number of aromatic nitrogens is 1. The van der Waals surface area contributed by atoms with E-state index in [0.717, 1.165) is 0 Å². The Kier molecular flexibility index (Phi) is 3.28. The van der Waals surface area contributed by atoms with Crippen molar-refractivity contribution in [3.8, 4) is 0 Å². The minimum Gasteiger partial charge on any atom is -0.464 e. The third-order valence-corrected chi connectivity index (χ3v) is 2.64. The van der Waals surface area contributed by atoms with Gasteiger partial charge in [0, 0.05) is 0 Å². The average Bonchev–Trinajstić information content (AvgIpc) is 2.08. The molecule has 0 aromatic carbocycles. The summed E-state index contributed by atoms with van der Waals surface area (Å²) in [5.74, 6) is -0.454. The number of rotatable bonds is 1. The van der Waals surface area contributed by atoms with Crippen LogP contribution in [0, 0.1) is 3.70 Å². The first-order valence-corrected chi connectivity index (χ1v) is 4.51. The lowest BCUT2D eigenvalue weighted by atomic mass is 10.3. The predicted octanol–water partition coefficient (Wildman–Crippen LogP) is 2.13. The minimum atomic E-state index is -0.454. The molecule has 1 heterocycles. The zero-order chi connectivity index (χ0) is 9.14. The van der Waals surface area contributed by atoms with E-state index >= 15 is 0 Å². The maximum atomic E-state index is 10.9. The van der Waals surface area contributed by atoms with Gasteiger partial charge in [-0.1, -0.05) is 11.6 Å². The minimum absolute atomic E-state index is 0.270. The summed E-state index contributed by atoms with van der Waals surface area (Å²) in [5.41, 5.74) is 0.270. The van der Waals surface area contributed by atoms with Crippen LogP contribution >= 0.6 is 34.2 Å². The van der Waals surface area contributed by atoms with Gasteiger partial charge in [0.05, 0.1) is 12.1 Å². The number of carbonyl (C=O) groups is 1. The molecule has 1 rings (SSSR count). The molecular formula is C7H5ClINO2. The molecule has 3 nitrogen and oxygen atoms in total. The van der Waals surface area contributed by atoms with Gasteiger partial charge in [-0.3, -0.25) is 0 Å². The predicted molar refractivity (Wildman–Crippen MR) is 53.3 cm³/mol. The molecule has 0 saturated heterocycles. The van der Waals surface area contributed by atoms with Gasteiger partial charge >= 0.3 is 5.97 Å². The van der Waals surface area contributed by atoms with Crippen molar-refractivity contribution in [3.63, 3.8) is 0 Å². The number of halogens is 2. The van der Waals surface area contributed by atoms with Crippen molar-refractivity contribution in [3.05, 3.63) is 26.5 Å².